The summed E-state index contributed by atoms with van der Waals surface area (Å²) in [5.74, 6) is 0.00968. The van der Waals surface area contributed by atoms with Gasteiger partial charge in [0.15, 0.2) is 0 Å². The lowest BCUT2D eigenvalue weighted by atomic mass is 9.99. The van der Waals surface area contributed by atoms with E-state index in [1.807, 2.05) is 9.80 Å². The number of hydrogen-bond acceptors (Lipinski definition) is 3. The van der Waals surface area contributed by atoms with Crippen LogP contribution in [-0.2, 0) is 0 Å². The van der Waals surface area contributed by atoms with Crippen molar-refractivity contribution in [2.24, 2.45) is 0 Å². The highest BCUT2D eigenvalue weighted by Crippen LogP contribution is 2.22. The van der Waals surface area contributed by atoms with Gasteiger partial charge in [0.05, 0.1) is 11.1 Å². The highest BCUT2D eigenvalue weighted by Gasteiger charge is 2.27. The molecule has 5 nitrogen and oxygen atoms in total. The van der Waals surface area contributed by atoms with Gasteiger partial charge in [-0.15, -0.1) is 0 Å². The van der Waals surface area contributed by atoms with E-state index in [9.17, 15) is 9.59 Å². The second-order valence-corrected chi connectivity index (χ2v) is 6.52. The van der Waals surface area contributed by atoms with Gasteiger partial charge in [-0.2, -0.15) is 0 Å². The van der Waals surface area contributed by atoms with Crippen LogP contribution in [0.15, 0.2) is 18.5 Å². The Balaban J connectivity index is 1.78. The third-order valence-electron chi connectivity index (χ3n) is 4.98. The summed E-state index contributed by atoms with van der Waals surface area (Å²) >= 11 is 0. The molecule has 3 heterocycles. The standard InChI is InChI=1S/C18H25N3O2/c1-2-16-7-3-4-10-21(16)18(23)15-11-14(12-19-13-15)17(22)20-8-5-6-9-20/h11-13,16H,2-10H2,1H3. The summed E-state index contributed by atoms with van der Waals surface area (Å²) in [5, 5.41) is 0. The average molecular weight is 315 g/mol. The Morgan fingerprint density at radius 2 is 1.70 bits per heavy atom. The number of aromatic nitrogens is 1. The van der Waals surface area contributed by atoms with Crippen LogP contribution in [0.1, 0.15) is 66.2 Å². The molecule has 0 aromatic carbocycles. The van der Waals surface area contributed by atoms with E-state index in [1.54, 1.807) is 18.5 Å². The fraction of sp³-hybridized carbons (Fsp3) is 0.611. The Hall–Kier alpha value is -1.91. The highest BCUT2D eigenvalue weighted by atomic mass is 16.2. The van der Waals surface area contributed by atoms with Crippen molar-refractivity contribution in [3.8, 4) is 0 Å². The Kier molecular flexibility index (Phi) is 4.94. The van der Waals surface area contributed by atoms with Crippen molar-refractivity contribution in [2.45, 2.75) is 51.5 Å². The molecule has 2 saturated heterocycles. The molecular weight excluding hydrogens is 290 g/mol. The number of carbonyl (C=O) groups excluding carboxylic acids is 2. The van der Waals surface area contributed by atoms with E-state index in [0.29, 0.717) is 17.2 Å². The molecule has 0 aliphatic carbocycles. The van der Waals surface area contributed by atoms with Crippen LogP contribution in [-0.4, -0.2) is 52.3 Å². The quantitative estimate of drug-likeness (QED) is 0.862. The second-order valence-electron chi connectivity index (χ2n) is 6.52. The highest BCUT2D eigenvalue weighted by molar-refractivity contribution is 5.99. The van der Waals surface area contributed by atoms with Gasteiger partial charge in [-0.05, 0) is 44.6 Å². The van der Waals surface area contributed by atoms with Crippen LogP contribution >= 0.6 is 0 Å². The van der Waals surface area contributed by atoms with Gasteiger partial charge in [0, 0.05) is 38.1 Å². The summed E-state index contributed by atoms with van der Waals surface area (Å²) in [6.07, 6.45) is 9.58. The molecule has 0 N–H and O–H groups in total. The lowest BCUT2D eigenvalue weighted by molar-refractivity contribution is 0.0607. The molecule has 124 valence electrons. The number of amides is 2. The number of nitrogens with zero attached hydrogens (tertiary/aromatic N) is 3. The molecule has 5 heteroatoms. The van der Waals surface area contributed by atoms with E-state index in [2.05, 4.69) is 11.9 Å². The van der Waals surface area contributed by atoms with Gasteiger partial charge in [0.1, 0.15) is 0 Å². The maximum atomic E-state index is 12.8. The molecule has 2 aliphatic heterocycles. The maximum Gasteiger partial charge on any atom is 0.255 e. The van der Waals surface area contributed by atoms with Crippen LogP contribution in [0, 0.1) is 0 Å². The van der Waals surface area contributed by atoms with Crippen molar-refractivity contribution < 1.29 is 9.59 Å². The monoisotopic (exact) mass is 315 g/mol. The minimum Gasteiger partial charge on any atom is -0.339 e. The number of likely N-dealkylation sites (tertiary alicyclic amines) is 2. The average Bonchev–Trinajstić information content (AvgIpc) is 3.15. The molecule has 1 aromatic rings. The summed E-state index contributed by atoms with van der Waals surface area (Å²) in [6.45, 7) is 4.55. The van der Waals surface area contributed by atoms with Gasteiger partial charge in [0.2, 0.25) is 0 Å². The SMILES string of the molecule is CCC1CCCCN1C(=O)c1cncc(C(=O)N2CCCC2)c1. The number of piperidine rings is 1. The smallest absolute Gasteiger partial charge is 0.255 e. The van der Waals surface area contributed by atoms with E-state index in [1.165, 1.54) is 6.42 Å². The number of pyridine rings is 1. The fourth-order valence-corrected chi connectivity index (χ4v) is 3.63. The third-order valence-corrected chi connectivity index (χ3v) is 4.98. The molecule has 0 bridgehead atoms. The van der Waals surface area contributed by atoms with Crippen LogP contribution in [0.3, 0.4) is 0 Å². The molecular formula is C18H25N3O2. The van der Waals surface area contributed by atoms with E-state index >= 15 is 0 Å². The molecule has 2 fully saturated rings. The summed E-state index contributed by atoms with van der Waals surface area (Å²) in [7, 11) is 0. The van der Waals surface area contributed by atoms with Crippen LogP contribution in [0.25, 0.3) is 0 Å². The van der Waals surface area contributed by atoms with E-state index < -0.39 is 0 Å². The van der Waals surface area contributed by atoms with Gasteiger partial charge in [0.25, 0.3) is 11.8 Å². The zero-order chi connectivity index (χ0) is 16.2. The Bertz CT molecular complexity index is 581. The fourth-order valence-electron chi connectivity index (χ4n) is 3.63. The van der Waals surface area contributed by atoms with Crippen LogP contribution in [0.4, 0.5) is 0 Å². The lowest BCUT2D eigenvalue weighted by Crippen LogP contribution is -2.43. The first-order valence-corrected chi connectivity index (χ1v) is 8.76. The first-order chi connectivity index (χ1) is 11.2. The minimum atomic E-state index is -0.00432. The summed E-state index contributed by atoms with van der Waals surface area (Å²) in [6, 6.07) is 2.03. The van der Waals surface area contributed by atoms with Crippen molar-refractivity contribution in [2.75, 3.05) is 19.6 Å². The number of hydrogen-bond donors (Lipinski definition) is 0. The zero-order valence-corrected chi connectivity index (χ0v) is 13.8. The Labute approximate surface area is 137 Å². The van der Waals surface area contributed by atoms with E-state index in [4.69, 9.17) is 0 Å². The third kappa shape index (κ3) is 3.38. The molecule has 1 atom stereocenters. The van der Waals surface area contributed by atoms with E-state index in [0.717, 1.165) is 51.7 Å². The van der Waals surface area contributed by atoms with Crippen molar-refractivity contribution in [1.29, 1.82) is 0 Å². The second kappa shape index (κ2) is 7.11. The molecule has 0 spiro atoms. The predicted molar refractivity (Wildman–Crippen MR) is 88.3 cm³/mol. The van der Waals surface area contributed by atoms with Gasteiger partial charge < -0.3 is 9.80 Å². The van der Waals surface area contributed by atoms with Gasteiger partial charge in [-0.3, -0.25) is 14.6 Å². The van der Waals surface area contributed by atoms with Crippen molar-refractivity contribution in [1.82, 2.24) is 14.8 Å². The van der Waals surface area contributed by atoms with E-state index in [-0.39, 0.29) is 11.8 Å². The molecule has 2 aliphatic rings. The molecule has 23 heavy (non-hydrogen) atoms. The Morgan fingerprint density at radius 3 is 2.39 bits per heavy atom. The van der Waals surface area contributed by atoms with Crippen molar-refractivity contribution in [3.05, 3.63) is 29.6 Å². The van der Waals surface area contributed by atoms with Gasteiger partial charge in [-0.1, -0.05) is 6.92 Å². The first kappa shape index (κ1) is 16.0. The van der Waals surface area contributed by atoms with Crippen molar-refractivity contribution >= 4 is 11.8 Å². The van der Waals surface area contributed by atoms with Gasteiger partial charge in [-0.25, -0.2) is 0 Å². The largest absolute Gasteiger partial charge is 0.339 e. The molecule has 2 amide bonds. The molecule has 1 unspecified atom stereocenters. The lowest BCUT2D eigenvalue weighted by Gasteiger charge is -2.35. The zero-order valence-electron chi connectivity index (χ0n) is 13.8. The first-order valence-electron chi connectivity index (χ1n) is 8.76. The van der Waals surface area contributed by atoms with Crippen LogP contribution in [0.5, 0.6) is 0 Å². The Morgan fingerprint density at radius 1 is 1.04 bits per heavy atom. The van der Waals surface area contributed by atoms with Crippen LogP contribution in [0.2, 0.25) is 0 Å². The van der Waals surface area contributed by atoms with Crippen LogP contribution < -0.4 is 0 Å². The topological polar surface area (TPSA) is 53.5 Å². The number of carbonyl (C=O) groups is 2. The summed E-state index contributed by atoms with van der Waals surface area (Å²) in [5.41, 5.74) is 1.07. The van der Waals surface area contributed by atoms with Gasteiger partial charge >= 0.3 is 0 Å². The molecule has 1 aromatic heterocycles. The van der Waals surface area contributed by atoms with Crippen molar-refractivity contribution in [3.63, 3.8) is 0 Å². The molecule has 0 saturated carbocycles. The molecule has 0 radical (unpaired) electrons. The maximum absolute atomic E-state index is 12.8. The molecule has 3 rings (SSSR count). The predicted octanol–water partition coefficient (Wildman–Crippen LogP) is 2.72. The normalized spacial score (nSPS) is 21.5. The number of rotatable bonds is 3. The minimum absolute atomic E-state index is 0.00432. The summed E-state index contributed by atoms with van der Waals surface area (Å²) < 4.78 is 0. The summed E-state index contributed by atoms with van der Waals surface area (Å²) in [4.78, 5) is 33.3.